The summed E-state index contributed by atoms with van der Waals surface area (Å²) in [4.78, 5) is 12.7. The third-order valence-corrected chi connectivity index (χ3v) is 4.63. The molecule has 1 amide bonds. The second-order valence-corrected chi connectivity index (χ2v) is 8.39. The summed E-state index contributed by atoms with van der Waals surface area (Å²) < 4.78 is 12.0. The second kappa shape index (κ2) is 9.68. The van der Waals surface area contributed by atoms with Crippen LogP contribution in [0.5, 0.6) is 11.5 Å². The zero-order valence-electron chi connectivity index (χ0n) is 17.4. The molecule has 1 N–H and O–H groups in total. The monoisotopic (exact) mass is 423 g/mol. The van der Waals surface area contributed by atoms with Crippen LogP contribution in [0.2, 0.25) is 5.02 Å². The molecular weight excluding hydrogens is 398 g/mol. The van der Waals surface area contributed by atoms with Crippen molar-refractivity contribution in [3.63, 3.8) is 0 Å². The van der Waals surface area contributed by atoms with Crippen molar-refractivity contribution < 1.29 is 14.3 Å². The molecule has 156 valence electrons. The molecule has 0 fully saturated rings. The quantitative estimate of drug-likeness (QED) is 0.505. The van der Waals surface area contributed by atoms with Gasteiger partial charge in [-0.25, -0.2) is 0 Å². The fourth-order valence-electron chi connectivity index (χ4n) is 2.83. The van der Waals surface area contributed by atoms with Gasteiger partial charge >= 0.3 is 0 Å². The first-order chi connectivity index (χ1) is 14.3. The van der Waals surface area contributed by atoms with E-state index in [0.29, 0.717) is 30.3 Å². The first-order valence-electron chi connectivity index (χ1n) is 9.82. The molecule has 3 aromatic carbocycles. The third kappa shape index (κ3) is 6.01. The Morgan fingerprint density at radius 2 is 1.37 bits per heavy atom. The zero-order valence-corrected chi connectivity index (χ0v) is 18.2. The number of carbonyl (C=O) groups excluding carboxylic acids is 1. The molecule has 5 heteroatoms. The highest BCUT2D eigenvalue weighted by atomic mass is 35.5. The van der Waals surface area contributed by atoms with Crippen LogP contribution in [0, 0.1) is 0 Å². The number of halogens is 1. The molecule has 0 spiro atoms. The van der Waals surface area contributed by atoms with E-state index >= 15 is 0 Å². The molecule has 0 saturated carbocycles. The first kappa shape index (κ1) is 21.7. The number of rotatable bonds is 7. The van der Waals surface area contributed by atoms with Gasteiger partial charge in [-0.3, -0.25) is 4.79 Å². The minimum atomic E-state index is -0.381. The maximum Gasteiger partial charge on any atom is 0.253 e. The lowest BCUT2D eigenvalue weighted by Crippen LogP contribution is -2.40. The lowest BCUT2D eigenvalue weighted by Gasteiger charge is -2.22. The van der Waals surface area contributed by atoms with Crippen LogP contribution in [0.3, 0.4) is 0 Å². The molecule has 0 unspecified atom stereocenters. The summed E-state index contributed by atoms with van der Waals surface area (Å²) in [5.41, 5.74) is 1.99. The van der Waals surface area contributed by atoms with Gasteiger partial charge in [0.25, 0.3) is 5.91 Å². The highest BCUT2D eigenvalue weighted by molar-refractivity contribution is 6.35. The number of benzene rings is 3. The highest BCUT2D eigenvalue weighted by Crippen LogP contribution is 2.39. The van der Waals surface area contributed by atoms with E-state index in [1.807, 2.05) is 81.4 Å². The third-order valence-electron chi connectivity index (χ3n) is 4.26. The second-order valence-electron chi connectivity index (χ2n) is 8.01. The molecule has 0 atom stereocenters. The van der Waals surface area contributed by atoms with E-state index in [2.05, 4.69) is 5.32 Å². The van der Waals surface area contributed by atoms with Gasteiger partial charge in [-0.1, -0.05) is 72.3 Å². The number of ether oxygens (including phenoxy) is 2. The minimum Gasteiger partial charge on any atom is -0.485 e. The molecule has 0 radical (unpaired) electrons. The predicted molar refractivity (Wildman–Crippen MR) is 120 cm³/mol. The van der Waals surface area contributed by atoms with Gasteiger partial charge in [0, 0.05) is 5.54 Å². The van der Waals surface area contributed by atoms with E-state index < -0.39 is 0 Å². The van der Waals surface area contributed by atoms with Crippen LogP contribution in [0.1, 0.15) is 42.3 Å². The van der Waals surface area contributed by atoms with Gasteiger partial charge in [0.05, 0.1) is 10.6 Å². The SMILES string of the molecule is CC(C)(C)NC(=O)c1ccc(OCc2ccccc2)c(OCc2ccccc2)c1Cl. The molecule has 0 aliphatic heterocycles. The van der Waals surface area contributed by atoms with E-state index in [-0.39, 0.29) is 16.5 Å². The molecule has 4 nitrogen and oxygen atoms in total. The molecule has 0 heterocycles. The standard InChI is InChI=1S/C25H26ClNO3/c1-25(2,3)27-24(28)20-14-15-21(29-16-18-10-6-4-7-11-18)23(22(20)26)30-17-19-12-8-5-9-13-19/h4-15H,16-17H2,1-3H3,(H,27,28). The maximum atomic E-state index is 12.7. The largest absolute Gasteiger partial charge is 0.485 e. The maximum absolute atomic E-state index is 12.7. The smallest absolute Gasteiger partial charge is 0.253 e. The summed E-state index contributed by atoms with van der Waals surface area (Å²) in [5, 5.41) is 3.17. The summed E-state index contributed by atoms with van der Waals surface area (Å²) in [6, 6.07) is 23.0. The molecule has 0 aliphatic carbocycles. The van der Waals surface area contributed by atoms with Crippen molar-refractivity contribution in [1.29, 1.82) is 0 Å². The molecule has 30 heavy (non-hydrogen) atoms. The van der Waals surface area contributed by atoms with Crippen molar-refractivity contribution in [2.24, 2.45) is 0 Å². The molecule has 3 rings (SSSR count). The Labute approximate surface area is 182 Å². The molecule has 0 bridgehead atoms. The van der Waals surface area contributed by atoms with Crippen molar-refractivity contribution in [2.75, 3.05) is 0 Å². The highest BCUT2D eigenvalue weighted by Gasteiger charge is 2.22. The van der Waals surface area contributed by atoms with Crippen molar-refractivity contribution in [3.8, 4) is 11.5 Å². The topological polar surface area (TPSA) is 47.6 Å². The van der Waals surface area contributed by atoms with Gasteiger partial charge in [0.2, 0.25) is 0 Å². The summed E-state index contributed by atoms with van der Waals surface area (Å²) >= 11 is 6.62. The average Bonchev–Trinajstić information content (AvgIpc) is 2.71. The van der Waals surface area contributed by atoms with Gasteiger partial charge in [0.15, 0.2) is 11.5 Å². The van der Waals surface area contributed by atoms with Crippen LogP contribution in [-0.4, -0.2) is 11.4 Å². The van der Waals surface area contributed by atoms with Crippen molar-refractivity contribution in [3.05, 3.63) is 94.5 Å². The fraction of sp³-hybridized carbons (Fsp3) is 0.240. The van der Waals surface area contributed by atoms with Crippen LogP contribution in [0.15, 0.2) is 72.8 Å². The normalized spacial score (nSPS) is 11.1. The summed E-state index contributed by atoms with van der Waals surface area (Å²) in [5.74, 6) is 0.594. The number of amides is 1. The predicted octanol–water partition coefficient (Wildman–Crippen LogP) is 6.03. The number of hydrogen-bond donors (Lipinski definition) is 1. The van der Waals surface area contributed by atoms with Gasteiger partial charge in [0.1, 0.15) is 13.2 Å². The van der Waals surface area contributed by atoms with Crippen LogP contribution in [0.4, 0.5) is 0 Å². The van der Waals surface area contributed by atoms with E-state index in [1.54, 1.807) is 12.1 Å². The Bertz CT molecular complexity index is 983. The fourth-order valence-corrected chi connectivity index (χ4v) is 3.13. The van der Waals surface area contributed by atoms with Crippen LogP contribution in [-0.2, 0) is 13.2 Å². The summed E-state index contributed by atoms with van der Waals surface area (Å²) in [6.45, 7) is 6.44. The first-order valence-corrected chi connectivity index (χ1v) is 10.2. The van der Waals surface area contributed by atoms with Gasteiger partial charge < -0.3 is 14.8 Å². The van der Waals surface area contributed by atoms with Crippen LogP contribution in [0.25, 0.3) is 0 Å². The minimum absolute atomic E-state index is 0.234. The summed E-state index contributed by atoms with van der Waals surface area (Å²) in [7, 11) is 0. The Balaban J connectivity index is 1.88. The van der Waals surface area contributed by atoms with Gasteiger partial charge in [-0.15, -0.1) is 0 Å². The van der Waals surface area contributed by atoms with Crippen LogP contribution >= 0.6 is 11.6 Å². The van der Waals surface area contributed by atoms with Crippen molar-refractivity contribution >= 4 is 17.5 Å². The van der Waals surface area contributed by atoms with Gasteiger partial charge in [-0.2, -0.15) is 0 Å². The van der Waals surface area contributed by atoms with E-state index in [9.17, 15) is 4.79 Å². The molecule has 3 aromatic rings. The molecule has 0 aliphatic rings. The van der Waals surface area contributed by atoms with E-state index in [0.717, 1.165) is 11.1 Å². The molecule has 0 saturated heterocycles. The van der Waals surface area contributed by atoms with E-state index in [4.69, 9.17) is 21.1 Å². The van der Waals surface area contributed by atoms with Gasteiger partial charge in [-0.05, 0) is 44.0 Å². The average molecular weight is 424 g/mol. The molecular formula is C25H26ClNO3. The zero-order chi connectivity index (χ0) is 21.6. The Morgan fingerprint density at radius 3 is 1.90 bits per heavy atom. The number of nitrogens with one attached hydrogen (secondary N) is 1. The lowest BCUT2D eigenvalue weighted by atomic mass is 10.1. The Hall–Kier alpha value is -2.98. The lowest BCUT2D eigenvalue weighted by molar-refractivity contribution is 0.0919. The Morgan fingerprint density at radius 1 is 0.833 bits per heavy atom. The van der Waals surface area contributed by atoms with E-state index in [1.165, 1.54) is 0 Å². The van der Waals surface area contributed by atoms with Crippen molar-refractivity contribution in [2.45, 2.75) is 39.5 Å². The Kier molecular flexibility index (Phi) is 7.01. The summed E-state index contributed by atoms with van der Waals surface area (Å²) in [6.07, 6.45) is 0. The van der Waals surface area contributed by atoms with Crippen molar-refractivity contribution in [1.82, 2.24) is 5.32 Å². The number of hydrogen-bond acceptors (Lipinski definition) is 3. The molecule has 0 aromatic heterocycles. The van der Waals surface area contributed by atoms with Crippen LogP contribution < -0.4 is 14.8 Å². The number of carbonyl (C=O) groups is 1.